The Hall–Kier alpha value is -1.00. The molecule has 0 spiro atoms. The minimum absolute atomic E-state index is 0.0338. The molecule has 0 saturated carbocycles. The maximum atomic E-state index is 8.96. The van der Waals surface area contributed by atoms with Crippen LogP contribution in [-0.4, -0.2) is 27.2 Å². The molecule has 1 unspecified atom stereocenters. The molecule has 0 radical (unpaired) electrons. The van der Waals surface area contributed by atoms with Gasteiger partial charge in [0.1, 0.15) is 5.82 Å². The zero-order chi connectivity index (χ0) is 11.1. The third-order valence-electron chi connectivity index (χ3n) is 2.74. The summed E-state index contributed by atoms with van der Waals surface area (Å²) in [5.41, 5.74) is -0.0338. The Bertz CT molecular complexity index is 278. The summed E-state index contributed by atoms with van der Waals surface area (Å²) >= 11 is 0. The molecule has 0 aromatic carbocycles. The molecule has 1 atom stereocenters. The van der Waals surface area contributed by atoms with E-state index in [2.05, 4.69) is 29.1 Å². The highest BCUT2D eigenvalue weighted by Crippen LogP contribution is 2.13. The molecule has 0 aliphatic rings. The number of aliphatic hydroxyl groups excluding tert-OH is 1. The largest absolute Gasteiger partial charge is 0.396 e. The van der Waals surface area contributed by atoms with Crippen LogP contribution in [-0.2, 0) is 6.54 Å². The molecule has 1 aromatic rings. The molecule has 0 amide bonds. The Morgan fingerprint density at radius 3 is 2.60 bits per heavy atom. The predicted octanol–water partition coefficient (Wildman–Crippen LogP) is 1.12. The summed E-state index contributed by atoms with van der Waals surface area (Å²) in [6, 6.07) is 1.80. The summed E-state index contributed by atoms with van der Waals surface area (Å²) in [7, 11) is 0. The van der Waals surface area contributed by atoms with E-state index >= 15 is 0 Å². The van der Waals surface area contributed by atoms with Crippen molar-refractivity contribution in [1.29, 1.82) is 0 Å². The summed E-state index contributed by atoms with van der Waals surface area (Å²) in [4.78, 5) is 8.28. The van der Waals surface area contributed by atoms with Crippen LogP contribution >= 0.6 is 0 Å². The summed E-state index contributed by atoms with van der Waals surface area (Å²) in [5, 5.41) is 12.3. The number of nitrogens with zero attached hydrogens (tertiary/aromatic N) is 2. The minimum atomic E-state index is -0.0338. The second-order valence-corrected chi connectivity index (χ2v) is 3.91. The van der Waals surface area contributed by atoms with E-state index in [0.29, 0.717) is 6.54 Å². The molecule has 1 aromatic heterocycles. The van der Waals surface area contributed by atoms with Gasteiger partial charge in [0.25, 0.3) is 0 Å². The molecular formula is C11H19N3O. The maximum absolute atomic E-state index is 8.96. The van der Waals surface area contributed by atoms with Crippen LogP contribution in [0.3, 0.4) is 0 Å². The normalized spacial score (nSPS) is 14.9. The van der Waals surface area contributed by atoms with E-state index in [1.165, 1.54) is 0 Å². The molecule has 1 heterocycles. The zero-order valence-electron chi connectivity index (χ0n) is 9.40. The Kier molecular flexibility index (Phi) is 4.65. The minimum Gasteiger partial charge on any atom is -0.396 e. The first-order chi connectivity index (χ1) is 7.20. The van der Waals surface area contributed by atoms with E-state index < -0.39 is 0 Å². The van der Waals surface area contributed by atoms with Crippen molar-refractivity contribution in [3.63, 3.8) is 0 Å². The van der Waals surface area contributed by atoms with Gasteiger partial charge in [-0.2, -0.15) is 0 Å². The van der Waals surface area contributed by atoms with Crippen molar-refractivity contribution < 1.29 is 5.11 Å². The lowest BCUT2D eigenvalue weighted by Gasteiger charge is -2.28. The SMILES string of the molecule is CCC(C)(CCO)NCc1ncccn1. The molecule has 0 saturated heterocycles. The van der Waals surface area contributed by atoms with Crippen LogP contribution in [0.15, 0.2) is 18.5 Å². The average molecular weight is 209 g/mol. The third kappa shape index (κ3) is 3.93. The lowest BCUT2D eigenvalue weighted by atomic mass is 9.95. The third-order valence-corrected chi connectivity index (χ3v) is 2.74. The van der Waals surface area contributed by atoms with E-state index in [-0.39, 0.29) is 12.1 Å². The average Bonchev–Trinajstić information content (AvgIpc) is 2.28. The number of rotatable bonds is 6. The van der Waals surface area contributed by atoms with Gasteiger partial charge in [-0.1, -0.05) is 6.92 Å². The molecule has 4 heteroatoms. The van der Waals surface area contributed by atoms with E-state index in [0.717, 1.165) is 18.7 Å². The topological polar surface area (TPSA) is 58.0 Å². The standard InChI is InChI=1S/C11H19N3O/c1-3-11(2,5-8-15)14-9-10-12-6-4-7-13-10/h4,6-7,14-15H,3,5,8-9H2,1-2H3. The fourth-order valence-electron chi connectivity index (χ4n) is 1.35. The van der Waals surface area contributed by atoms with Gasteiger partial charge < -0.3 is 10.4 Å². The van der Waals surface area contributed by atoms with E-state index in [4.69, 9.17) is 5.11 Å². The fraction of sp³-hybridized carbons (Fsp3) is 0.636. The first-order valence-corrected chi connectivity index (χ1v) is 5.32. The Labute approximate surface area is 90.8 Å². The van der Waals surface area contributed by atoms with E-state index in [1.54, 1.807) is 18.5 Å². The second-order valence-electron chi connectivity index (χ2n) is 3.91. The number of nitrogens with one attached hydrogen (secondary N) is 1. The smallest absolute Gasteiger partial charge is 0.141 e. The van der Waals surface area contributed by atoms with Crippen molar-refractivity contribution in [3.05, 3.63) is 24.3 Å². The summed E-state index contributed by atoms with van der Waals surface area (Å²) < 4.78 is 0. The molecule has 0 aliphatic carbocycles. The Morgan fingerprint density at radius 2 is 2.07 bits per heavy atom. The lowest BCUT2D eigenvalue weighted by Crippen LogP contribution is -2.42. The van der Waals surface area contributed by atoms with Gasteiger partial charge in [0.2, 0.25) is 0 Å². The van der Waals surface area contributed by atoms with Crippen LogP contribution in [0.4, 0.5) is 0 Å². The highest BCUT2D eigenvalue weighted by molar-refractivity contribution is 4.90. The van der Waals surface area contributed by atoms with E-state index in [9.17, 15) is 0 Å². The van der Waals surface area contributed by atoms with Crippen LogP contribution in [0, 0.1) is 0 Å². The number of hydrogen-bond donors (Lipinski definition) is 2. The number of hydrogen-bond acceptors (Lipinski definition) is 4. The van der Waals surface area contributed by atoms with Crippen LogP contribution in [0.2, 0.25) is 0 Å². The highest BCUT2D eigenvalue weighted by atomic mass is 16.3. The summed E-state index contributed by atoms with van der Waals surface area (Å²) in [6.45, 7) is 5.05. The molecule has 0 fully saturated rings. The summed E-state index contributed by atoms with van der Waals surface area (Å²) in [5.74, 6) is 0.787. The van der Waals surface area contributed by atoms with Crippen molar-refractivity contribution in [3.8, 4) is 0 Å². The molecule has 0 aliphatic heterocycles. The Balaban J connectivity index is 2.47. The monoisotopic (exact) mass is 209 g/mol. The van der Waals surface area contributed by atoms with Crippen molar-refractivity contribution in [1.82, 2.24) is 15.3 Å². The van der Waals surface area contributed by atoms with Crippen molar-refractivity contribution >= 4 is 0 Å². The van der Waals surface area contributed by atoms with Gasteiger partial charge in [-0.3, -0.25) is 0 Å². The van der Waals surface area contributed by atoms with E-state index in [1.807, 2.05) is 0 Å². The van der Waals surface area contributed by atoms with Gasteiger partial charge in [0.15, 0.2) is 0 Å². The fourth-order valence-corrected chi connectivity index (χ4v) is 1.35. The molecule has 15 heavy (non-hydrogen) atoms. The summed E-state index contributed by atoms with van der Waals surface area (Å²) in [6.07, 6.45) is 5.19. The van der Waals surface area contributed by atoms with Crippen molar-refractivity contribution in [2.45, 2.75) is 38.8 Å². The molecule has 84 valence electrons. The second kappa shape index (κ2) is 5.78. The first kappa shape index (κ1) is 12.1. The van der Waals surface area contributed by atoms with Crippen molar-refractivity contribution in [2.24, 2.45) is 0 Å². The number of aromatic nitrogens is 2. The number of aliphatic hydroxyl groups is 1. The van der Waals surface area contributed by atoms with Gasteiger partial charge in [-0.15, -0.1) is 0 Å². The van der Waals surface area contributed by atoms with Crippen LogP contribution in [0.25, 0.3) is 0 Å². The van der Waals surface area contributed by atoms with Gasteiger partial charge >= 0.3 is 0 Å². The van der Waals surface area contributed by atoms with Gasteiger partial charge in [0, 0.05) is 24.5 Å². The Morgan fingerprint density at radius 1 is 1.40 bits per heavy atom. The lowest BCUT2D eigenvalue weighted by molar-refractivity contribution is 0.213. The van der Waals surface area contributed by atoms with Gasteiger partial charge in [0.05, 0.1) is 6.54 Å². The molecule has 1 rings (SSSR count). The van der Waals surface area contributed by atoms with Crippen LogP contribution in [0.5, 0.6) is 0 Å². The quantitative estimate of drug-likeness (QED) is 0.737. The predicted molar refractivity (Wildman–Crippen MR) is 59.3 cm³/mol. The zero-order valence-corrected chi connectivity index (χ0v) is 9.40. The molecule has 4 nitrogen and oxygen atoms in total. The molecule has 2 N–H and O–H groups in total. The molecule has 0 bridgehead atoms. The van der Waals surface area contributed by atoms with Gasteiger partial charge in [-0.05, 0) is 25.8 Å². The van der Waals surface area contributed by atoms with Crippen molar-refractivity contribution in [2.75, 3.05) is 6.61 Å². The molecular weight excluding hydrogens is 190 g/mol. The first-order valence-electron chi connectivity index (χ1n) is 5.32. The van der Waals surface area contributed by atoms with Crippen LogP contribution < -0.4 is 5.32 Å². The van der Waals surface area contributed by atoms with Crippen LogP contribution in [0.1, 0.15) is 32.5 Å². The maximum Gasteiger partial charge on any atom is 0.141 e. The highest BCUT2D eigenvalue weighted by Gasteiger charge is 2.20. The van der Waals surface area contributed by atoms with Gasteiger partial charge in [-0.25, -0.2) is 9.97 Å².